The fraction of sp³-hybridized carbons (Fsp3) is 0.0667. The van der Waals surface area contributed by atoms with Crippen LogP contribution in [0.15, 0.2) is 30.3 Å². The lowest BCUT2D eigenvalue weighted by molar-refractivity contribution is 0.449. The molecule has 2 N–H and O–H groups in total. The molecule has 4 rings (SSSR count). The zero-order chi connectivity index (χ0) is 16.1. The summed E-state index contributed by atoms with van der Waals surface area (Å²) in [5.41, 5.74) is 2.42. The van der Waals surface area contributed by atoms with Crippen molar-refractivity contribution in [1.82, 2.24) is 19.6 Å². The van der Waals surface area contributed by atoms with Gasteiger partial charge in [-0.15, -0.1) is 0 Å². The summed E-state index contributed by atoms with van der Waals surface area (Å²) in [6.45, 7) is 1.96. The molecule has 0 radical (unpaired) electrons. The number of nitrogens with one attached hydrogen (secondary N) is 2. The van der Waals surface area contributed by atoms with Crippen molar-refractivity contribution in [3.05, 3.63) is 53.3 Å². The Morgan fingerprint density at radius 3 is 2.70 bits per heavy atom. The standard InChI is InChI=1S/C15H10F3N5/c1-7-2-5-11-10(6-7)20-15-21-14(22-23(11)15)19-9-4-3-8(16)12(17)13(9)18/h2-6H,1H3,(H2,19,20,21,22). The van der Waals surface area contributed by atoms with E-state index in [2.05, 4.69) is 20.4 Å². The van der Waals surface area contributed by atoms with Gasteiger partial charge in [0, 0.05) is 0 Å². The van der Waals surface area contributed by atoms with E-state index in [0.717, 1.165) is 28.7 Å². The molecule has 8 heteroatoms. The Labute approximate surface area is 127 Å². The van der Waals surface area contributed by atoms with Crippen molar-refractivity contribution in [3.63, 3.8) is 0 Å². The second-order valence-corrected chi connectivity index (χ2v) is 5.16. The topological polar surface area (TPSA) is 58.0 Å². The highest BCUT2D eigenvalue weighted by molar-refractivity contribution is 5.80. The van der Waals surface area contributed by atoms with E-state index >= 15 is 0 Å². The Bertz CT molecular complexity index is 1050. The van der Waals surface area contributed by atoms with E-state index in [4.69, 9.17) is 0 Å². The van der Waals surface area contributed by atoms with Gasteiger partial charge in [-0.25, -0.2) is 22.7 Å². The lowest BCUT2D eigenvalue weighted by atomic mass is 10.2. The van der Waals surface area contributed by atoms with E-state index < -0.39 is 17.5 Å². The second-order valence-electron chi connectivity index (χ2n) is 5.16. The number of fused-ring (bicyclic) bond motifs is 3. The molecular weight excluding hydrogens is 307 g/mol. The van der Waals surface area contributed by atoms with Crippen LogP contribution in [0.25, 0.3) is 16.8 Å². The molecule has 0 bridgehead atoms. The van der Waals surface area contributed by atoms with Gasteiger partial charge in [0.25, 0.3) is 5.78 Å². The first-order valence-corrected chi connectivity index (χ1v) is 6.78. The quantitative estimate of drug-likeness (QED) is 0.555. The largest absolute Gasteiger partial charge is 0.322 e. The predicted molar refractivity (Wildman–Crippen MR) is 79.2 cm³/mol. The van der Waals surface area contributed by atoms with Crippen LogP contribution in [-0.4, -0.2) is 19.6 Å². The molecular formula is C15H10F3N5. The molecule has 4 aromatic rings. The molecule has 0 fully saturated rings. The van der Waals surface area contributed by atoms with Crippen molar-refractivity contribution in [2.75, 3.05) is 5.32 Å². The van der Waals surface area contributed by atoms with Crippen LogP contribution in [0.2, 0.25) is 0 Å². The first kappa shape index (κ1) is 13.6. The molecule has 5 nitrogen and oxygen atoms in total. The molecule has 0 saturated carbocycles. The third kappa shape index (κ3) is 2.10. The van der Waals surface area contributed by atoms with E-state index in [9.17, 15) is 13.2 Å². The smallest absolute Gasteiger partial charge is 0.253 e. The summed E-state index contributed by atoms with van der Waals surface area (Å²) in [6, 6.07) is 7.66. The van der Waals surface area contributed by atoms with Gasteiger partial charge in [-0.2, -0.15) is 4.98 Å². The molecule has 0 spiro atoms. The van der Waals surface area contributed by atoms with Crippen LogP contribution < -0.4 is 5.32 Å². The highest BCUT2D eigenvalue weighted by atomic mass is 19.2. The Kier molecular flexibility index (Phi) is 2.80. The minimum atomic E-state index is -1.53. The zero-order valence-electron chi connectivity index (χ0n) is 11.9. The number of aromatic nitrogens is 4. The first-order chi connectivity index (χ1) is 11.0. The van der Waals surface area contributed by atoms with Crippen LogP contribution in [0.3, 0.4) is 0 Å². The average molecular weight is 317 g/mol. The molecule has 0 atom stereocenters. The number of hydrogen-bond acceptors (Lipinski definition) is 3. The number of halogens is 3. The number of aromatic amines is 1. The molecule has 116 valence electrons. The van der Waals surface area contributed by atoms with E-state index in [-0.39, 0.29) is 11.6 Å². The van der Waals surface area contributed by atoms with Crippen molar-refractivity contribution in [3.8, 4) is 0 Å². The van der Waals surface area contributed by atoms with E-state index in [1.807, 2.05) is 25.1 Å². The number of H-pyrrole nitrogens is 1. The van der Waals surface area contributed by atoms with Crippen LogP contribution in [0.1, 0.15) is 5.56 Å². The maximum atomic E-state index is 13.7. The molecule has 0 amide bonds. The molecule has 2 aromatic carbocycles. The number of nitrogens with zero attached hydrogens (tertiary/aromatic N) is 3. The maximum Gasteiger partial charge on any atom is 0.253 e. The molecule has 0 unspecified atom stereocenters. The van der Waals surface area contributed by atoms with Gasteiger partial charge in [0.1, 0.15) is 0 Å². The first-order valence-electron chi connectivity index (χ1n) is 6.78. The van der Waals surface area contributed by atoms with Crippen molar-refractivity contribution in [2.45, 2.75) is 6.92 Å². The van der Waals surface area contributed by atoms with Gasteiger partial charge in [-0.05, 0) is 36.8 Å². The average Bonchev–Trinajstić information content (AvgIpc) is 3.04. The SMILES string of the molecule is Cc1ccc2c(c1)nc1nc(Nc3ccc(F)c(F)c3F)[nH]n12. The number of hydrogen-bond donors (Lipinski definition) is 2. The van der Waals surface area contributed by atoms with E-state index in [1.54, 1.807) is 4.52 Å². The summed E-state index contributed by atoms with van der Waals surface area (Å²) >= 11 is 0. The van der Waals surface area contributed by atoms with Gasteiger partial charge >= 0.3 is 0 Å². The minimum absolute atomic E-state index is 0.167. The van der Waals surface area contributed by atoms with E-state index in [1.165, 1.54) is 0 Å². The maximum absolute atomic E-state index is 13.7. The van der Waals surface area contributed by atoms with Gasteiger partial charge in [-0.3, -0.25) is 5.10 Å². The normalized spacial score (nSPS) is 11.5. The van der Waals surface area contributed by atoms with Crippen LogP contribution >= 0.6 is 0 Å². The summed E-state index contributed by atoms with van der Waals surface area (Å²) in [6.07, 6.45) is 0. The molecule has 23 heavy (non-hydrogen) atoms. The number of aryl methyl sites for hydroxylation is 1. The highest BCUT2D eigenvalue weighted by Crippen LogP contribution is 2.23. The third-order valence-corrected chi connectivity index (χ3v) is 3.51. The highest BCUT2D eigenvalue weighted by Gasteiger charge is 2.15. The van der Waals surface area contributed by atoms with Gasteiger partial charge in [0.15, 0.2) is 17.5 Å². The van der Waals surface area contributed by atoms with Crippen LogP contribution in [-0.2, 0) is 0 Å². The monoisotopic (exact) mass is 317 g/mol. The number of imidazole rings is 1. The second kappa shape index (κ2) is 4.73. The Balaban J connectivity index is 1.77. The number of benzene rings is 2. The lowest BCUT2D eigenvalue weighted by Crippen LogP contribution is -2.00. The summed E-state index contributed by atoms with van der Waals surface area (Å²) in [4.78, 5) is 8.52. The van der Waals surface area contributed by atoms with Crippen molar-refractivity contribution < 1.29 is 13.2 Å². The molecule has 0 aliphatic heterocycles. The Morgan fingerprint density at radius 2 is 1.87 bits per heavy atom. The number of rotatable bonds is 2. The molecule has 0 saturated heterocycles. The van der Waals surface area contributed by atoms with Crippen molar-refractivity contribution in [2.24, 2.45) is 0 Å². The molecule has 2 heterocycles. The van der Waals surface area contributed by atoms with Crippen molar-refractivity contribution in [1.29, 1.82) is 0 Å². The molecule has 0 aliphatic rings. The van der Waals surface area contributed by atoms with Gasteiger partial charge in [0.2, 0.25) is 5.95 Å². The summed E-state index contributed by atoms with van der Waals surface area (Å²) < 4.78 is 41.5. The fourth-order valence-corrected chi connectivity index (χ4v) is 2.40. The van der Waals surface area contributed by atoms with Gasteiger partial charge < -0.3 is 5.32 Å². The Hall–Kier alpha value is -3.03. The van der Waals surface area contributed by atoms with Crippen LogP contribution in [0.4, 0.5) is 24.8 Å². The fourth-order valence-electron chi connectivity index (χ4n) is 2.40. The summed E-state index contributed by atoms with van der Waals surface area (Å²) in [5.74, 6) is -3.54. The molecule has 2 aromatic heterocycles. The number of anilines is 2. The van der Waals surface area contributed by atoms with Gasteiger partial charge in [0.05, 0.1) is 16.7 Å². The van der Waals surface area contributed by atoms with E-state index in [0.29, 0.717) is 5.78 Å². The van der Waals surface area contributed by atoms with Gasteiger partial charge in [-0.1, -0.05) is 6.07 Å². The summed E-state index contributed by atoms with van der Waals surface area (Å²) in [7, 11) is 0. The third-order valence-electron chi connectivity index (χ3n) is 3.51. The zero-order valence-corrected chi connectivity index (χ0v) is 11.9. The molecule has 0 aliphatic carbocycles. The predicted octanol–water partition coefficient (Wildman–Crippen LogP) is 3.68. The van der Waals surface area contributed by atoms with Crippen molar-refractivity contribution >= 4 is 28.4 Å². The summed E-state index contributed by atoms with van der Waals surface area (Å²) in [5, 5.41) is 5.48. The van der Waals surface area contributed by atoms with Crippen LogP contribution in [0.5, 0.6) is 0 Å². The Morgan fingerprint density at radius 1 is 1.04 bits per heavy atom. The lowest BCUT2D eigenvalue weighted by Gasteiger charge is -2.05. The van der Waals surface area contributed by atoms with Crippen LogP contribution in [0, 0.1) is 24.4 Å². The minimum Gasteiger partial charge on any atom is -0.322 e.